The van der Waals surface area contributed by atoms with Gasteiger partial charge in [0.25, 0.3) is 0 Å². The Morgan fingerprint density at radius 3 is 2.65 bits per heavy atom. The van der Waals surface area contributed by atoms with E-state index in [-0.39, 0.29) is 36.8 Å². The van der Waals surface area contributed by atoms with Crippen molar-refractivity contribution in [2.24, 2.45) is 0 Å². The summed E-state index contributed by atoms with van der Waals surface area (Å²) in [6, 6.07) is 3.89. The third-order valence-electron chi connectivity index (χ3n) is 3.57. The van der Waals surface area contributed by atoms with Gasteiger partial charge in [0.1, 0.15) is 0 Å². The van der Waals surface area contributed by atoms with Crippen molar-refractivity contribution in [1.29, 1.82) is 0 Å². The SMILES string of the molecule is CCCC[C@H](c1cccnc1F)N1CCNCC1.Cl.Cl. The zero-order chi connectivity index (χ0) is 12.8. The van der Waals surface area contributed by atoms with E-state index in [0.29, 0.717) is 0 Å². The van der Waals surface area contributed by atoms with Crippen molar-refractivity contribution in [2.45, 2.75) is 32.2 Å². The van der Waals surface area contributed by atoms with Crippen LogP contribution < -0.4 is 5.32 Å². The number of aromatic nitrogens is 1. The standard InChI is InChI=1S/C14H22FN3.2ClH/c1-2-3-6-13(18-10-8-16-9-11-18)12-5-4-7-17-14(12)15;;/h4-5,7,13,16H,2-3,6,8-11H2,1H3;2*1H/t13-;;/m1../s1. The number of rotatable bonds is 5. The summed E-state index contributed by atoms with van der Waals surface area (Å²) in [5, 5.41) is 3.34. The van der Waals surface area contributed by atoms with Crippen LogP contribution in [-0.4, -0.2) is 36.1 Å². The number of unbranched alkanes of at least 4 members (excludes halogenated alkanes) is 1. The molecule has 1 aliphatic rings. The van der Waals surface area contributed by atoms with Crippen LogP contribution in [0.5, 0.6) is 0 Å². The Morgan fingerprint density at radius 1 is 1.35 bits per heavy atom. The lowest BCUT2D eigenvalue weighted by Crippen LogP contribution is -2.45. The monoisotopic (exact) mass is 323 g/mol. The predicted octanol–water partition coefficient (Wildman–Crippen LogP) is 3.20. The van der Waals surface area contributed by atoms with Gasteiger partial charge in [-0.2, -0.15) is 4.39 Å². The Labute approximate surface area is 133 Å². The molecule has 3 nitrogen and oxygen atoms in total. The molecule has 0 unspecified atom stereocenters. The number of piperazine rings is 1. The van der Waals surface area contributed by atoms with Crippen LogP contribution in [0.1, 0.15) is 37.8 Å². The number of hydrogen-bond donors (Lipinski definition) is 1. The summed E-state index contributed by atoms with van der Waals surface area (Å²) < 4.78 is 13.9. The van der Waals surface area contributed by atoms with Crippen molar-refractivity contribution < 1.29 is 4.39 Å². The summed E-state index contributed by atoms with van der Waals surface area (Å²) in [6.07, 6.45) is 4.81. The minimum Gasteiger partial charge on any atom is -0.314 e. The summed E-state index contributed by atoms with van der Waals surface area (Å²) in [7, 11) is 0. The zero-order valence-electron chi connectivity index (χ0n) is 11.8. The molecule has 116 valence electrons. The van der Waals surface area contributed by atoms with E-state index in [1.807, 2.05) is 12.1 Å². The minimum absolute atomic E-state index is 0. The van der Waals surface area contributed by atoms with Crippen molar-refractivity contribution in [3.63, 3.8) is 0 Å². The van der Waals surface area contributed by atoms with Gasteiger partial charge in [0.05, 0.1) is 0 Å². The molecule has 0 spiro atoms. The van der Waals surface area contributed by atoms with Gasteiger partial charge in [-0.15, -0.1) is 24.8 Å². The molecule has 6 heteroatoms. The van der Waals surface area contributed by atoms with E-state index in [1.165, 1.54) is 6.20 Å². The molecule has 1 N–H and O–H groups in total. The molecule has 1 atom stereocenters. The average Bonchev–Trinajstić information content (AvgIpc) is 2.42. The number of nitrogens with one attached hydrogen (secondary N) is 1. The lowest BCUT2D eigenvalue weighted by molar-refractivity contribution is 0.159. The Morgan fingerprint density at radius 2 is 2.05 bits per heavy atom. The first-order chi connectivity index (χ1) is 8.83. The highest BCUT2D eigenvalue weighted by Gasteiger charge is 2.24. The molecule has 0 aliphatic carbocycles. The molecule has 1 saturated heterocycles. The van der Waals surface area contributed by atoms with Gasteiger partial charge >= 0.3 is 0 Å². The Balaban J connectivity index is 0.00000180. The fourth-order valence-corrected chi connectivity index (χ4v) is 2.57. The fourth-order valence-electron chi connectivity index (χ4n) is 2.57. The van der Waals surface area contributed by atoms with Crippen molar-refractivity contribution in [3.8, 4) is 0 Å². The molecule has 20 heavy (non-hydrogen) atoms. The van der Waals surface area contributed by atoms with Crippen LogP contribution in [0.2, 0.25) is 0 Å². The van der Waals surface area contributed by atoms with E-state index in [0.717, 1.165) is 51.0 Å². The van der Waals surface area contributed by atoms with Crippen LogP contribution in [0.4, 0.5) is 4.39 Å². The molecule has 0 aromatic carbocycles. The highest BCUT2D eigenvalue weighted by molar-refractivity contribution is 5.85. The summed E-state index contributed by atoms with van der Waals surface area (Å²) in [6.45, 7) is 6.13. The van der Waals surface area contributed by atoms with E-state index >= 15 is 0 Å². The van der Waals surface area contributed by atoms with Gasteiger partial charge in [0, 0.05) is 44.0 Å². The molecule has 1 aromatic rings. The molecule has 2 rings (SSSR count). The van der Waals surface area contributed by atoms with Crippen molar-refractivity contribution in [1.82, 2.24) is 15.2 Å². The molecule has 0 bridgehead atoms. The average molecular weight is 324 g/mol. The number of hydrogen-bond acceptors (Lipinski definition) is 3. The van der Waals surface area contributed by atoms with E-state index in [1.54, 1.807) is 0 Å². The summed E-state index contributed by atoms with van der Waals surface area (Å²) >= 11 is 0. The summed E-state index contributed by atoms with van der Waals surface area (Å²) in [4.78, 5) is 6.18. The minimum atomic E-state index is -0.308. The van der Waals surface area contributed by atoms with Crippen LogP contribution in [0.3, 0.4) is 0 Å². The first-order valence-electron chi connectivity index (χ1n) is 6.88. The normalized spacial score (nSPS) is 16.9. The van der Waals surface area contributed by atoms with Crippen LogP contribution >= 0.6 is 24.8 Å². The van der Waals surface area contributed by atoms with Crippen LogP contribution in [0, 0.1) is 5.95 Å². The van der Waals surface area contributed by atoms with E-state index in [4.69, 9.17) is 0 Å². The van der Waals surface area contributed by atoms with Gasteiger partial charge in [-0.3, -0.25) is 4.90 Å². The third-order valence-corrected chi connectivity index (χ3v) is 3.57. The second kappa shape index (κ2) is 10.3. The molecule has 1 fully saturated rings. The van der Waals surface area contributed by atoms with Crippen LogP contribution in [0.15, 0.2) is 18.3 Å². The van der Waals surface area contributed by atoms with Crippen molar-refractivity contribution in [2.75, 3.05) is 26.2 Å². The Kier molecular flexibility index (Phi) is 10.1. The van der Waals surface area contributed by atoms with Gasteiger partial charge in [-0.1, -0.05) is 25.8 Å². The maximum absolute atomic E-state index is 13.9. The molecule has 0 radical (unpaired) electrons. The van der Waals surface area contributed by atoms with Crippen LogP contribution in [0.25, 0.3) is 0 Å². The molecule has 0 saturated carbocycles. The first kappa shape index (κ1) is 19.6. The topological polar surface area (TPSA) is 28.2 Å². The van der Waals surface area contributed by atoms with Gasteiger partial charge in [0.15, 0.2) is 0 Å². The van der Waals surface area contributed by atoms with E-state index in [9.17, 15) is 4.39 Å². The number of nitrogens with zero attached hydrogens (tertiary/aromatic N) is 2. The molecule has 0 amide bonds. The second-order valence-corrected chi connectivity index (χ2v) is 4.83. The van der Waals surface area contributed by atoms with Gasteiger partial charge < -0.3 is 5.32 Å². The second-order valence-electron chi connectivity index (χ2n) is 4.83. The first-order valence-corrected chi connectivity index (χ1v) is 6.88. The quantitative estimate of drug-likeness (QED) is 0.843. The number of pyridine rings is 1. The van der Waals surface area contributed by atoms with Crippen molar-refractivity contribution in [3.05, 3.63) is 29.8 Å². The lowest BCUT2D eigenvalue weighted by atomic mass is 10.00. The molecule has 1 aliphatic heterocycles. The predicted molar refractivity (Wildman–Crippen MR) is 85.4 cm³/mol. The van der Waals surface area contributed by atoms with Gasteiger partial charge in [0.2, 0.25) is 5.95 Å². The van der Waals surface area contributed by atoms with Crippen molar-refractivity contribution >= 4 is 24.8 Å². The van der Waals surface area contributed by atoms with E-state index < -0.39 is 0 Å². The summed E-state index contributed by atoms with van der Waals surface area (Å²) in [5.41, 5.74) is 0.757. The zero-order valence-corrected chi connectivity index (χ0v) is 13.5. The van der Waals surface area contributed by atoms with Gasteiger partial charge in [-0.05, 0) is 12.5 Å². The number of halogens is 3. The smallest absolute Gasteiger partial charge is 0.217 e. The Hall–Kier alpha value is -0.420. The molecule has 1 aromatic heterocycles. The maximum Gasteiger partial charge on any atom is 0.217 e. The third kappa shape index (κ3) is 5.17. The Bertz CT molecular complexity index is 373. The largest absolute Gasteiger partial charge is 0.314 e. The molecular formula is C14H24Cl2FN3. The highest BCUT2D eigenvalue weighted by atomic mass is 35.5. The maximum atomic E-state index is 13.9. The molecule has 2 heterocycles. The van der Waals surface area contributed by atoms with Gasteiger partial charge in [-0.25, -0.2) is 4.98 Å². The highest BCUT2D eigenvalue weighted by Crippen LogP contribution is 2.27. The van der Waals surface area contributed by atoms with E-state index in [2.05, 4.69) is 22.1 Å². The summed E-state index contributed by atoms with van der Waals surface area (Å²) in [5.74, 6) is -0.308. The molecular weight excluding hydrogens is 300 g/mol. The lowest BCUT2D eigenvalue weighted by Gasteiger charge is -2.35. The fraction of sp³-hybridized carbons (Fsp3) is 0.643. The van der Waals surface area contributed by atoms with Crippen LogP contribution in [-0.2, 0) is 0 Å².